The van der Waals surface area contributed by atoms with Gasteiger partial charge in [-0.05, 0) is 12.8 Å². The van der Waals surface area contributed by atoms with Gasteiger partial charge in [-0.15, -0.1) is 0 Å². The normalized spacial score (nSPS) is 35.8. The van der Waals surface area contributed by atoms with Crippen molar-refractivity contribution in [2.45, 2.75) is 58.3 Å². The molecule has 12 heavy (non-hydrogen) atoms. The minimum atomic E-state index is -0.503. The molecule has 0 amide bonds. The number of aliphatic hydroxyl groups is 1. The molecule has 0 aromatic heterocycles. The van der Waals surface area contributed by atoms with Gasteiger partial charge in [0.15, 0.2) is 6.29 Å². The van der Waals surface area contributed by atoms with E-state index in [1.54, 1.807) is 0 Å². The van der Waals surface area contributed by atoms with Gasteiger partial charge in [0.25, 0.3) is 0 Å². The van der Waals surface area contributed by atoms with Gasteiger partial charge in [-0.25, -0.2) is 0 Å². The number of ether oxygens (including phenoxy) is 1. The van der Waals surface area contributed by atoms with Gasteiger partial charge in [0.05, 0.1) is 6.10 Å². The summed E-state index contributed by atoms with van der Waals surface area (Å²) in [5.41, 5.74) is 0. The summed E-state index contributed by atoms with van der Waals surface area (Å²) in [6.07, 6.45) is 5.74. The zero-order valence-corrected chi connectivity index (χ0v) is 8.12. The van der Waals surface area contributed by atoms with Gasteiger partial charge < -0.3 is 9.84 Å². The second kappa shape index (κ2) is 4.83. The fourth-order valence-electron chi connectivity index (χ4n) is 1.73. The standard InChI is InChI=1S/C10H20O2/c1-3-4-5-6-9-7-8(2)10(11)12-9/h8-11H,3-7H2,1-2H3. The molecule has 2 heteroatoms. The molecule has 0 aromatic rings. The second-order valence-corrected chi connectivity index (χ2v) is 3.86. The van der Waals surface area contributed by atoms with Crippen molar-refractivity contribution in [3.05, 3.63) is 0 Å². The molecule has 3 unspecified atom stereocenters. The Hall–Kier alpha value is -0.0800. The first-order chi connectivity index (χ1) is 5.74. The van der Waals surface area contributed by atoms with E-state index < -0.39 is 6.29 Å². The number of hydrogen-bond donors (Lipinski definition) is 1. The van der Waals surface area contributed by atoms with Gasteiger partial charge in [-0.1, -0.05) is 33.1 Å². The van der Waals surface area contributed by atoms with Gasteiger partial charge in [0, 0.05) is 5.92 Å². The van der Waals surface area contributed by atoms with Crippen molar-refractivity contribution < 1.29 is 9.84 Å². The van der Waals surface area contributed by atoms with Crippen LogP contribution in [0.5, 0.6) is 0 Å². The SMILES string of the molecule is CCCCCC1CC(C)C(O)O1. The van der Waals surface area contributed by atoms with E-state index in [4.69, 9.17) is 4.74 Å². The maximum absolute atomic E-state index is 9.30. The Morgan fingerprint density at radius 2 is 2.17 bits per heavy atom. The molecule has 0 aliphatic carbocycles. The molecule has 1 N–H and O–H groups in total. The predicted molar refractivity (Wildman–Crippen MR) is 48.8 cm³/mol. The fraction of sp³-hybridized carbons (Fsp3) is 1.00. The highest BCUT2D eigenvalue weighted by atomic mass is 16.6. The molecule has 1 rings (SSSR count). The van der Waals surface area contributed by atoms with Crippen LogP contribution in [0.3, 0.4) is 0 Å². The molecule has 1 fully saturated rings. The van der Waals surface area contributed by atoms with E-state index in [9.17, 15) is 5.11 Å². The molecule has 0 bridgehead atoms. The van der Waals surface area contributed by atoms with E-state index in [0.29, 0.717) is 12.0 Å². The molecular weight excluding hydrogens is 152 g/mol. The Morgan fingerprint density at radius 3 is 2.67 bits per heavy atom. The highest BCUT2D eigenvalue weighted by Gasteiger charge is 2.29. The van der Waals surface area contributed by atoms with Crippen LogP contribution in [0.1, 0.15) is 46.0 Å². The zero-order chi connectivity index (χ0) is 8.97. The molecule has 1 heterocycles. The molecule has 1 aliphatic rings. The summed E-state index contributed by atoms with van der Waals surface area (Å²) in [5.74, 6) is 0.330. The lowest BCUT2D eigenvalue weighted by atomic mass is 10.0. The first-order valence-electron chi connectivity index (χ1n) is 5.07. The molecule has 1 aliphatic heterocycles. The zero-order valence-electron chi connectivity index (χ0n) is 8.12. The smallest absolute Gasteiger partial charge is 0.157 e. The average molecular weight is 172 g/mol. The van der Waals surface area contributed by atoms with E-state index in [1.165, 1.54) is 19.3 Å². The first-order valence-corrected chi connectivity index (χ1v) is 5.07. The van der Waals surface area contributed by atoms with E-state index in [-0.39, 0.29) is 0 Å². The van der Waals surface area contributed by atoms with Crippen LogP contribution < -0.4 is 0 Å². The minimum Gasteiger partial charge on any atom is -0.368 e. The maximum Gasteiger partial charge on any atom is 0.157 e. The highest BCUT2D eigenvalue weighted by molar-refractivity contribution is 4.73. The minimum absolute atomic E-state index is 0.321. The van der Waals surface area contributed by atoms with Gasteiger partial charge in [-0.2, -0.15) is 0 Å². The summed E-state index contributed by atoms with van der Waals surface area (Å²) in [6, 6.07) is 0. The lowest BCUT2D eigenvalue weighted by Crippen LogP contribution is -2.12. The highest BCUT2D eigenvalue weighted by Crippen LogP contribution is 2.27. The summed E-state index contributed by atoms with van der Waals surface area (Å²) < 4.78 is 5.38. The van der Waals surface area contributed by atoms with Crippen LogP contribution in [-0.2, 0) is 4.74 Å². The molecule has 0 spiro atoms. The van der Waals surface area contributed by atoms with Crippen LogP contribution in [0.25, 0.3) is 0 Å². The predicted octanol–water partition coefficient (Wildman–Crippen LogP) is 2.31. The third-order valence-corrected chi connectivity index (χ3v) is 2.58. The lowest BCUT2D eigenvalue weighted by molar-refractivity contribution is -0.107. The molecule has 2 nitrogen and oxygen atoms in total. The van der Waals surface area contributed by atoms with Crippen molar-refractivity contribution in [2.75, 3.05) is 0 Å². The van der Waals surface area contributed by atoms with E-state index >= 15 is 0 Å². The Balaban J connectivity index is 2.10. The van der Waals surface area contributed by atoms with Gasteiger partial charge in [0.2, 0.25) is 0 Å². The van der Waals surface area contributed by atoms with Crippen molar-refractivity contribution in [3.8, 4) is 0 Å². The summed E-state index contributed by atoms with van der Waals surface area (Å²) in [6.45, 7) is 4.25. The van der Waals surface area contributed by atoms with Crippen molar-refractivity contribution in [3.63, 3.8) is 0 Å². The quantitative estimate of drug-likeness (QED) is 0.659. The Kier molecular flexibility index (Phi) is 4.02. The maximum atomic E-state index is 9.30. The fourth-order valence-corrected chi connectivity index (χ4v) is 1.73. The van der Waals surface area contributed by atoms with Gasteiger partial charge in [-0.3, -0.25) is 0 Å². The van der Waals surface area contributed by atoms with E-state index in [1.807, 2.05) is 6.92 Å². The summed E-state index contributed by atoms with van der Waals surface area (Å²) in [4.78, 5) is 0. The van der Waals surface area contributed by atoms with E-state index in [0.717, 1.165) is 12.8 Å². The van der Waals surface area contributed by atoms with Crippen molar-refractivity contribution >= 4 is 0 Å². The van der Waals surface area contributed by atoms with Crippen LogP contribution >= 0.6 is 0 Å². The Bertz CT molecular complexity index is 115. The summed E-state index contributed by atoms with van der Waals surface area (Å²) >= 11 is 0. The van der Waals surface area contributed by atoms with Crippen molar-refractivity contribution in [1.29, 1.82) is 0 Å². The van der Waals surface area contributed by atoms with Crippen LogP contribution in [0.15, 0.2) is 0 Å². The molecule has 0 saturated carbocycles. The first kappa shape index (κ1) is 10.0. The Labute approximate surface area is 74.9 Å². The van der Waals surface area contributed by atoms with Crippen LogP contribution in [0.2, 0.25) is 0 Å². The topological polar surface area (TPSA) is 29.5 Å². The van der Waals surface area contributed by atoms with Crippen molar-refractivity contribution in [2.24, 2.45) is 5.92 Å². The molecular formula is C10H20O2. The summed E-state index contributed by atoms with van der Waals surface area (Å²) in [7, 11) is 0. The molecule has 0 radical (unpaired) electrons. The third-order valence-electron chi connectivity index (χ3n) is 2.58. The number of hydrogen-bond acceptors (Lipinski definition) is 2. The molecule has 1 saturated heterocycles. The van der Waals surface area contributed by atoms with Crippen LogP contribution in [0, 0.1) is 5.92 Å². The average Bonchev–Trinajstić information content (AvgIpc) is 2.32. The summed E-state index contributed by atoms with van der Waals surface area (Å²) in [5, 5.41) is 9.30. The molecule has 72 valence electrons. The number of unbranched alkanes of at least 4 members (excludes halogenated alkanes) is 2. The monoisotopic (exact) mass is 172 g/mol. The van der Waals surface area contributed by atoms with E-state index in [2.05, 4.69) is 6.92 Å². The van der Waals surface area contributed by atoms with Crippen LogP contribution in [-0.4, -0.2) is 17.5 Å². The number of aliphatic hydroxyl groups excluding tert-OH is 1. The van der Waals surface area contributed by atoms with Gasteiger partial charge >= 0.3 is 0 Å². The van der Waals surface area contributed by atoms with Crippen molar-refractivity contribution in [1.82, 2.24) is 0 Å². The largest absolute Gasteiger partial charge is 0.368 e. The second-order valence-electron chi connectivity index (χ2n) is 3.86. The molecule has 3 atom stereocenters. The van der Waals surface area contributed by atoms with Gasteiger partial charge in [0.1, 0.15) is 0 Å². The van der Waals surface area contributed by atoms with Crippen LogP contribution in [0.4, 0.5) is 0 Å². The number of rotatable bonds is 4. The third kappa shape index (κ3) is 2.76. The Morgan fingerprint density at radius 1 is 1.42 bits per heavy atom. The molecule has 0 aromatic carbocycles. The lowest BCUT2D eigenvalue weighted by Gasteiger charge is -2.08.